The van der Waals surface area contributed by atoms with Crippen molar-refractivity contribution >= 4 is 28.8 Å². The van der Waals surface area contributed by atoms with Crippen molar-refractivity contribution in [2.75, 3.05) is 45.2 Å². The summed E-state index contributed by atoms with van der Waals surface area (Å²) in [4.78, 5) is 30.2. The minimum absolute atomic E-state index is 0.0307. The van der Waals surface area contributed by atoms with E-state index in [0.29, 0.717) is 34.1 Å². The Morgan fingerprint density at radius 1 is 0.833 bits per heavy atom. The summed E-state index contributed by atoms with van der Waals surface area (Å²) in [5, 5.41) is 11.4. The molecule has 0 saturated carbocycles. The van der Waals surface area contributed by atoms with E-state index < -0.39 is 17.7 Å². The zero-order valence-corrected chi connectivity index (χ0v) is 20.8. The van der Waals surface area contributed by atoms with Crippen LogP contribution in [0.3, 0.4) is 0 Å². The molecule has 3 aromatic carbocycles. The van der Waals surface area contributed by atoms with Crippen LogP contribution in [0.2, 0.25) is 0 Å². The first kappa shape index (κ1) is 24.7. The largest absolute Gasteiger partial charge is 0.507 e. The summed E-state index contributed by atoms with van der Waals surface area (Å²) in [5.74, 6) is -0.596. The molecule has 3 aromatic rings. The fourth-order valence-corrected chi connectivity index (χ4v) is 4.33. The van der Waals surface area contributed by atoms with Gasteiger partial charge in [0.15, 0.2) is 11.5 Å². The lowest BCUT2D eigenvalue weighted by Gasteiger charge is -2.26. The third-order valence-electron chi connectivity index (χ3n) is 6.18. The maximum Gasteiger partial charge on any atom is 0.300 e. The van der Waals surface area contributed by atoms with Gasteiger partial charge in [-0.1, -0.05) is 24.3 Å². The lowest BCUT2D eigenvalue weighted by Crippen LogP contribution is -2.29. The number of benzene rings is 3. The number of carbonyl (C=O) groups excluding carboxylic acids is 2. The molecule has 8 heteroatoms. The molecule has 0 radical (unpaired) electrons. The lowest BCUT2D eigenvalue weighted by molar-refractivity contribution is -0.132. The van der Waals surface area contributed by atoms with Crippen molar-refractivity contribution in [3.63, 3.8) is 0 Å². The second kappa shape index (κ2) is 10.0. The van der Waals surface area contributed by atoms with Crippen LogP contribution in [-0.4, -0.2) is 52.2 Å². The van der Waals surface area contributed by atoms with E-state index in [2.05, 4.69) is 0 Å². The summed E-state index contributed by atoms with van der Waals surface area (Å²) in [6.07, 6.45) is 0. The van der Waals surface area contributed by atoms with E-state index in [1.165, 1.54) is 26.2 Å². The Morgan fingerprint density at radius 2 is 1.47 bits per heavy atom. The van der Waals surface area contributed by atoms with Crippen LogP contribution in [0.25, 0.3) is 5.76 Å². The number of ketones is 1. The summed E-state index contributed by atoms with van der Waals surface area (Å²) < 4.78 is 16.2. The van der Waals surface area contributed by atoms with E-state index in [9.17, 15) is 14.7 Å². The second-order valence-corrected chi connectivity index (χ2v) is 8.39. The third kappa shape index (κ3) is 4.22. The molecule has 1 unspecified atom stereocenters. The summed E-state index contributed by atoms with van der Waals surface area (Å²) in [6.45, 7) is 0. The Kier molecular flexibility index (Phi) is 6.87. The van der Waals surface area contributed by atoms with E-state index in [4.69, 9.17) is 14.2 Å². The summed E-state index contributed by atoms with van der Waals surface area (Å²) in [6, 6.07) is 18.4. The quantitative estimate of drug-likeness (QED) is 0.300. The molecule has 1 N–H and O–H groups in total. The van der Waals surface area contributed by atoms with Gasteiger partial charge in [-0.05, 0) is 42.0 Å². The maximum atomic E-state index is 13.4. The zero-order chi connectivity index (χ0) is 26.0. The molecular weight excluding hydrogens is 460 g/mol. The molecule has 0 aromatic heterocycles. The molecule has 1 saturated heterocycles. The number of Topliss-reactive ketones (excluding diaryl/α,β-unsaturated/α-hetero) is 1. The van der Waals surface area contributed by atoms with Gasteiger partial charge >= 0.3 is 0 Å². The highest BCUT2D eigenvalue weighted by Crippen LogP contribution is 2.45. The van der Waals surface area contributed by atoms with Gasteiger partial charge in [-0.15, -0.1) is 0 Å². The van der Waals surface area contributed by atoms with Gasteiger partial charge in [0.05, 0.1) is 38.5 Å². The monoisotopic (exact) mass is 488 g/mol. The van der Waals surface area contributed by atoms with Gasteiger partial charge in [0.2, 0.25) is 0 Å². The molecule has 1 aliphatic rings. The number of hydrogen-bond acceptors (Lipinski definition) is 7. The minimum Gasteiger partial charge on any atom is -0.507 e. The van der Waals surface area contributed by atoms with Crippen LogP contribution < -0.4 is 24.0 Å². The zero-order valence-electron chi connectivity index (χ0n) is 20.8. The van der Waals surface area contributed by atoms with Gasteiger partial charge in [-0.3, -0.25) is 14.5 Å². The number of para-hydroxylation sites is 1. The smallest absolute Gasteiger partial charge is 0.300 e. The first-order valence-corrected chi connectivity index (χ1v) is 11.3. The molecule has 1 heterocycles. The molecule has 36 heavy (non-hydrogen) atoms. The summed E-state index contributed by atoms with van der Waals surface area (Å²) in [5.41, 5.74) is 2.32. The van der Waals surface area contributed by atoms with Gasteiger partial charge in [0.25, 0.3) is 11.7 Å². The van der Waals surface area contributed by atoms with Crippen LogP contribution in [0.1, 0.15) is 17.2 Å². The minimum atomic E-state index is -0.885. The molecular formula is C28H28N2O6. The SMILES string of the molecule is COc1ccc(N2C(=O)C(=O)/C(=C(/O)c3ccccc3OC)C2c2ccc(N(C)C)cc2)cc1OC. The highest BCUT2D eigenvalue weighted by Gasteiger charge is 2.47. The van der Waals surface area contributed by atoms with E-state index in [1.807, 2.05) is 43.3 Å². The molecule has 0 spiro atoms. The second-order valence-electron chi connectivity index (χ2n) is 8.39. The number of anilines is 2. The van der Waals surface area contributed by atoms with Crippen LogP contribution in [0.15, 0.2) is 72.3 Å². The van der Waals surface area contributed by atoms with Crippen LogP contribution in [-0.2, 0) is 9.59 Å². The van der Waals surface area contributed by atoms with Crippen LogP contribution >= 0.6 is 0 Å². The average Bonchev–Trinajstić information content (AvgIpc) is 3.17. The first-order valence-electron chi connectivity index (χ1n) is 11.3. The number of methoxy groups -OCH3 is 3. The fraction of sp³-hybridized carbons (Fsp3) is 0.214. The van der Waals surface area contributed by atoms with E-state index in [1.54, 1.807) is 42.5 Å². The number of ether oxygens (including phenoxy) is 3. The third-order valence-corrected chi connectivity index (χ3v) is 6.18. The Bertz CT molecular complexity index is 1330. The number of aliphatic hydroxyl groups is 1. The van der Waals surface area contributed by atoms with E-state index >= 15 is 0 Å². The van der Waals surface area contributed by atoms with Crippen molar-refractivity contribution in [1.29, 1.82) is 0 Å². The van der Waals surface area contributed by atoms with Crippen molar-refractivity contribution in [2.45, 2.75) is 6.04 Å². The molecule has 4 rings (SSSR count). The van der Waals surface area contributed by atoms with Crippen molar-refractivity contribution in [3.05, 3.63) is 83.4 Å². The predicted octanol–water partition coefficient (Wildman–Crippen LogP) is 4.40. The number of hydrogen-bond donors (Lipinski definition) is 1. The Hall–Kier alpha value is -4.46. The van der Waals surface area contributed by atoms with Crippen molar-refractivity contribution in [1.82, 2.24) is 0 Å². The summed E-state index contributed by atoms with van der Waals surface area (Å²) >= 11 is 0. The van der Waals surface area contributed by atoms with Crippen LogP contribution in [0.5, 0.6) is 17.2 Å². The maximum absolute atomic E-state index is 13.4. The molecule has 0 aliphatic carbocycles. The fourth-order valence-electron chi connectivity index (χ4n) is 4.33. The first-order chi connectivity index (χ1) is 17.3. The number of nitrogens with zero attached hydrogens (tertiary/aromatic N) is 2. The van der Waals surface area contributed by atoms with Gasteiger partial charge in [0.1, 0.15) is 11.5 Å². The molecule has 0 bridgehead atoms. The van der Waals surface area contributed by atoms with E-state index in [-0.39, 0.29) is 11.3 Å². The highest BCUT2D eigenvalue weighted by molar-refractivity contribution is 6.51. The lowest BCUT2D eigenvalue weighted by atomic mass is 9.94. The van der Waals surface area contributed by atoms with Crippen molar-refractivity contribution in [3.8, 4) is 17.2 Å². The summed E-state index contributed by atoms with van der Waals surface area (Å²) in [7, 11) is 8.34. The molecule has 1 fully saturated rings. The van der Waals surface area contributed by atoms with Crippen LogP contribution in [0.4, 0.5) is 11.4 Å². The van der Waals surface area contributed by atoms with Crippen molar-refractivity contribution in [2.24, 2.45) is 0 Å². The molecule has 186 valence electrons. The predicted molar refractivity (Wildman–Crippen MR) is 138 cm³/mol. The number of aliphatic hydroxyl groups excluding tert-OH is 1. The number of rotatable bonds is 7. The standard InChI is InChI=1S/C28H28N2O6/c1-29(2)18-12-10-17(11-13-18)25-24(26(31)20-8-6-7-9-21(20)34-3)27(32)28(33)30(25)19-14-15-22(35-4)23(16-19)36-5/h6-16,25,31H,1-5H3/b26-24+. The van der Waals surface area contributed by atoms with E-state index in [0.717, 1.165) is 5.69 Å². The topological polar surface area (TPSA) is 88.5 Å². The number of carbonyl (C=O) groups is 2. The highest BCUT2D eigenvalue weighted by atomic mass is 16.5. The van der Waals surface area contributed by atoms with Gasteiger partial charge < -0.3 is 24.2 Å². The van der Waals surface area contributed by atoms with Gasteiger partial charge in [0, 0.05) is 31.5 Å². The Balaban J connectivity index is 1.96. The van der Waals surface area contributed by atoms with Crippen LogP contribution in [0, 0.1) is 0 Å². The normalized spacial score (nSPS) is 16.7. The molecule has 1 atom stereocenters. The Labute approximate surface area is 209 Å². The van der Waals surface area contributed by atoms with Gasteiger partial charge in [-0.25, -0.2) is 0 Å². The number of amides is 1. The molecule has 1 amide bonds. The molecule has 1 aliphatic heterocycles. The average molecular weight is 489 g/mol. The van der Waals surface area contributed by atoms with Gasteiger partial charge in [-0.2, -0.15) is 0 Å². The Morgan fingerprint density at radius 3 is 2.08 bits per heavy atom. The molecule has 8 nitrogen and oxygen atoms in total. The van der Waals surface area contributed by atoms with Crippen molar-refractivity contribution < 1.29 is 28.9 Å².